The summed E-state index contributed by atoms with van der Waals surface area (Å²) in [6.07, 6.45) is 0. The molecule has 0 atom stereocenters. The fraction of sp³-hybridized carbons (Fsp3) is 0. The third-order valence-electron chi connectivity index (χ3n) is 2.46. The summed E-state index contributed by atoms with van der Waals surface area (Å²) in [6.45, 7) is 0. The molecular formula is C13H7BrCl3NO2. The van der Waals surface area contributed by atoms with E-state index in [9.17, 15) is 9.90 Å². The Labute approximate surface area is 138 Å². The third kappa shape index (κ3) is 3.38. The average molecular weight is 395 g/mol. The zero-order valence-corrected chi connectivity index (χ0v) is 13.6. The molecule has 0 aliphatic heterocycles. The first-order valence-corrected chi connectivity index (χ1v) is 7.25. The van der Waals surface area contributed by atoms with E-state index in [1.807, 2.05) is 0 Å². The second-order valence-electron chi connectivity index (χ2n) is 3.87. The molecule has 0 fully saturated rings. The molecule has 0 spiro atoms. The Hall–Kier alpha value is -0.940. The highest BCUT2D eigenvalue weighted by atomic mass is 79.9. The number of amides is 1. The van der Waals surface area contributed by atoms with Gasteiger partial charge in [0, 0.05) is 10.2 Å². The molecular weight excluding hydrogens is 388 g/mol. The van der Waals surface area contributed by atoms with Crippen molar-refractivity contribution in [3.05, 3.63) is 55.4 Å². The molecule has 0 unspecified atom stereocenters. The van der Waals surface area contributed by atoms with E-state index >= 15 is 0 Å². The summed E-state index contributed by atoms with van der Waals surface area (Å²) in [5, 5.41) is 13.4. The number of carbonyl (C=O) groups is 1. The molecule has 0 aromatic heterocycles. The van der Waals surface area contributed by atoms with Gasteiger partial charge in [-0.2, -0.15) is 0 Å². The summed E-state index contributed by atoms with van der Waals surface area (Å²) in [5.41, 5.74) is 0.520. The van der Waals surface area contributed by atoms with E-state index < -0.39 is 5.91 Å². The number of nitrogens with one attached hydrogen (secondary N) is 1. The Balaban J connectivity index is 2.28. The molecule has 2 aromatic carbocycles. The second-order valence-corrected chi connectivity index (χ2v) is 5.94. The van der Waals surface area contributed by atoms with Gasteiger partial charge in [0.2, 0.25) is 0 Å². The van der Waals surface area contributed by atoms with Crippen LogP contribution in [0.2, 0.25) is 15.1 Å². The van der Waals surface area contributed by atoms with Gasteiger partial charge in [-0.25, -0.2) is 0 Å². The molecule has 0 aliphatic rings. The number of phenols is 1. The number of phenolic OH excluding ortho intramolecular Hbond substituents is 1. The van der Waals surface area contributed by atoms with Crippen LogP contribution in [0.3, 0.4) is 0 Å². The van der Waals surface area contributed by atoms with Crippen LogP contribution in [0.1, 0.15) is 10.4 Å². The molecule has 2 rings (SSSR count). The molecule has 2 aromatic rings. The maximum Gasteiger partial charge on any atom is 0.259 e. The maximum atomic E-state index is 12.1. The van der Waals surface area contributed by atoms with Crippen LogP contribution < -0.4 is 5.32 Å². The van der Waals surface area contributed by atoms with Crippen molar-refractivity contribution >= 4 is 62.3 Å². The Bertz CT molecular complexity index is 692. The lowest BCUT2D eigenvalue weighted by Crippen LogP contribution is -2.12. The Morgan fingerprint density at radius 1 is 1.05 bits per heavy atom. The molecule has 0 aliphatic carbocycles. The van der Waals surface area contributed by atoms with Gasteiger partial charge in [-0.15, -0.1) is 0 Å². The van der Waals surface area contributed by atoms with E-state index in [2.05, 4.69) is 21.2 Å². The standard InChI is InChI=1S/C13H7BrCl3NO2/c14-8-5-12(19)7(4-10(8)16)13(20)18-6-1-2-9(15)11(17)3-6/h1-5,19H,(H,18,20). The zero-order chi connectivity index (χ0) is 14.9. The molecule has 2 N–H and O–H groups in total. The van der Waals surface area contributed by atoms with Crippen LogP contribution in [0.5, 0.6) is 5.75 Å². The average Bonchev–Trinajstić information content (AvgIpc) is 2.38. The SMILES string of the molecule is O=C(Nc1ccc(Cl)c(Cl)c1)c1cc(Cl)c(Br)cc1O. The van der Waals surface area contributed by atoms with Crippen molar-refractivity contribution in [3.63, 3.8) is 0 Å². The molecule has 0 radical (unpaired) electrons. The van der Waals surface area contributed by atoms with Crippen LogP contribution in [0.15, 0.2) is 34.8 Å². The number of carbonyl (C=O) groups excluding carboxylic acids is 1. The van der Waals surface area contributed by atoms with Gasteiger partial charge in [-0.1, -0.05) is 34.8 Å². The summed E-state index contributed by atoms with van der Waals surface area (Å²) >= 11 is 20.7. The Kier molecular flexibility index (Phi) is 4.81. The lowest BCUT2D eigenvalue weighted by atomic mass is 10.2. The predicted octanol–water partition coefficient (Wildman–Crippen LogP) is 5.37. The van der Waals surface area contributed by atoms with Crippen LogP contribution in [0, 0.1) is 0 Å². The first kappa shape index (κ1) is 15.4. The second kappa shape index (κ2) is 6.22. The molecule has 1 amide bonds. The van der Waals surface area contributed by atoms with Gasteiger partial charge in [0.05, 0.1) is 20.6 Å². The van der Waals surface area contributed by atoms with E-state index in [0.717, 1.165) is 0 Å². The van der Waals surface area contributed by atoms with E-state index in [4.69, 9.17) is 34.8 Å². The third-order valence-corrected chi connectivity index (χ3v) is 4.40. The summed E-state index contributed by atoms with van der Waals surface area (Å²) in [6, 6.07) is 7.40. The summed E-state index contributed by atoms with van der Waals surface area (Å²) < 4.78 is 0.503. The number of benzene rings is 2. The van der Waals surface area contributed by atoms with Crippen LogP contribution in [-0.2, 0) is 0 Å². The summed E-state index contributed by atoms with van der Waals surface area (Å²) in [7, 11) is 0. The molecule has 0 bridgehead atoms. The van der Waals surface area contributed by atoms with Crippen LogP contribution >= 0.6 is 50.7 Å². The molecule has 0 saturated heterocycles. The maximum absolute atomic E-state index is 12.1. The minimum atomic E-state index is -0.504. The van der Waals surface area contributed by atoms with Crippen molar-refractivity contribution < 1.29 is 9.90 Å². The van der Waals surface area contributed by atoms with Crippen molar-refractivity contribution in [1.29, 1.82) is 0 Å². The monoisotopic (exact) mass is 393 g/mol. The fourth-order valence-corrected chi connectivity index (χ4v) is 2.28. The number of anilines is 1. The highest BCUT2D eigenvalue weighted by Gasteiger charge is 2.14. The number of hydrogen-bond donors (Lipinski definition) is 2. The van der Waals surface area contributed by atoms with E-state index in [-0.39, 0.29) is 11.3 Å². The quantitative estimate of drug-likeness (QED) is 0.718. The van der Waals surface area contributed by atoms with Crippen molar-refractivity contribution in [1.82, 2.24) is 0 Å². The van der Waals surface area contributed by atoms with E-state index in [1.54, 1.807) is 12.1 Å². The summed E-state index contributed by atoms with van der Waals surface area (Å²) in [5.74, 6) is -0.686. The van der Waals surface area contributed by atoms with Gasteiger partial charge in [0.15, 0.2) is 0 Å². The molecule has 104 valence electrons. The van der Waals surface area contributed by atoms with Gasteiger partial charge in [0.1, 0.15) is 5.75 Å². The molecule has 0 heterocycles. The van der Waals surface area contributed by atoms with Crippen LogP contribution in [-0.4, -0.2) is 11.0 Å². The van der Waals surface area contributed by atoms with E-state index in [0.29, 0.717) is 25.2 Å². The van der Waals surface area contributed by atoms with Gasteiger partial charge in [0.25, 0.3) is 5.91 Å². The van der Waals surface area contributed by atoms with Crippen molar-refractivity contribution in [2.75, 3.05) is 5.32 Å². The molecule has 20 heavy (non-hydrogen) atoms. The number of halogens is 4. The van der Waals surface area contributed by atoms with Gasteiger partial charge in [-0.3, -0.25) is 4.79 Å². The van der Waals surface area contributed by atoms with Gasteiger partial charge in [-0.05, 0) is 46.3 Å². The minimum absolute atomic E-state index is 0.0595. The zero-order valence-electron chi connectivity index (χ0n) is 9.75. The lowest BCUT2D eigenvalue weighted by Gasteiger charge is -2.09. The van der Waals surface area contributed by atoms with Crippen LogP contribution in [0.25, 0.3) is 0 Å². The van der Waals surface area contributed by atoms with Crippen molar-refractivity contribution in [2.45, 2.75) is 0 Å². The first-order chi connectivity index (χ1) is 9.38. The van der Waals surface area contributed by atoms with Crippen molar-refractivity contribution in [2.24, 2.45) is 0 Å². The number of aromatic hydroxyl groups is 1. The highest BCUT2D eigenvalue weighted by Crippen LogP contribution is 2.31. The smallest absolute Gasteiger partial charge is 0.259 e. The topological polar surface area (TPSA) is 49.3 Å². The first-order valence-electron chi connectivity index (χ1n) is 5.33. The molecule has 0 saturated carbocycles. The Morgan fingerprint density at radius 3 is 2.40 bits per heavy atom. The fourth-order valence-electron chi connectivity index (χ4n) is 1.49. The highest BCUT2D eigenvalue weighted by molar-refractivity contribution is 9.10. The van der Waals surface area contributed by atoms with Gasteiger partial charge < -0.3 is 10.4 Å². The van der Waals surface area contributed by atoms with Crippen molar-refractivity contribution in [3.8, 4) is 5.75 Å². The van der Waals surface area contributed by atoms with E-state index in [1.165, 1.54) is 18.2 Å². The predicted molar refractivity (Wildman–Crippen MR) is 85.2 cm³/mol. The van der Waals surface area contributed by atoms with Gasteiger partial charge >= 0.3 is 0 Å². The largest absolute Gasteiger partial charge is 0.507 e. The number of rotatable bonds is 2. The number of hydrogen-bond acceptors (Lipinski definition) is 2. The minimum Gasteiger partial charge on any atom is -0.507 e. The van der Waals surface area contributed by atoms with Crippen LogP contribution in [0.4, 0.5) is 5.69 Å². The lowest BCUT2D eigenvalue weighted by molar-refractivity contribution is 0.102. The Morgan fingerprint density at radius 2 is 1.75 bits per heavy atom. The molecule has 7 heteroatoms. The summed E-state index contributed by atoms with van der Waals surface area (Å²) in [4.78, 5) is 12.1. The molecule has 3 nitrogen and oxygen atoms in total. The normalized spacial score (nSPS) is 10.4.